The van der Waals surface area contributed by atoms with Crippen LogP contribution in [-0.4, -0.2) is 25.0 Å². The highest BCUT2D eigenvalue weighted by atomic mass is 16.5. The third-order valence-corrected chi connectivity index (χ3v) is 1.52. The lowest BCUT2D eigenvalue weighted by atomic mass is 10.0. The predicted molar refractivity (Wildman–Crippen MR) is 47.0 cm³/mol. The van der Waals surface area contributed by atoms with E-state index in [1.54, 1.807) is 20.8 Å². The second-order valence-electron chi connectivity index (χ2n) is 2.91. The van der Waals surface area contributed by atoms with Crippen molar-refractivity contribution in [3.05, 3.63) is 0 Å². The molecule has 4 heteroatoms. The van der Waals surface area contributed by atoms with E-state index in [0.29, 0.717) is 0 Å². The molecule has 0 aliphatic rings. The Kier molecular flexibility index (Phi) is 4.33. The van der Waals surface area contributed by atoms with Crippen molar-refractivity contribution < 1.29 is 15.8 Å². The van der Waals surface area contributed by atoms with Crippen molar-refractivity contribution in [3.8, 4) is 0 Å². The molecular formula is C8H17NO3. The number of hydrogen-bond acceptors (Lipinski definition) is 3. The first-order chi connectivity index (χ1) is 5.49. The van der Waals surface area contributed by atoms with Gasteiger partial charge in [-0.05, 0) is 6.92 Å². The highest BCUT2D eigenvalue weighted by Gasteiger charge is 2.18. The molecule has 1 atom stereocenters. The van der Waals surface area contributed by atoms with Gasteiger partial charge < -0.3 is 10.1 Å². The van der Waals surface area contributed by atoms with Gasteiger partial charge >= 0.3 is 6.09 Å². The van der Waals surface area contributed by atoms with Crippen LogP contribution in [0.15, 0.2) is 0 Å². The summed E-state index contributed by atoms with van der Waals surface area (Å²) < 4.78 is 4.35. The quantitative estimate of drug-likeness (QED) is 0.701. The van der Waals surface area contributed by atoms with Crippen LogP contribution in [0.5, 0.6) is 0 Å². The lowest BCUT2D eigenvalue weighted by Gasteiger charge is -2.13. The number of carbonyl (C=O) groups is 2. The van der Waals surface area contributed by atoms with Gasteiger partial charge in [-0.2, -0.15) is 0 Å². The van der Waals surface area contributed by atoms with E-state index in [1.807, 2.05) is 0 Å². The Morgan fingerprint density at radius 1 is 1.33 bits per heavy atom. The molecule has 4 nitrogen and oxygen atoms in total. The Morgan fingerprint density at radius 3 is 2.17 bits per heavy atom. The second-order valence-corrected chi connectivity index (χ2v) is 2.91. The maximum absolute atomic E-state index is 11.2. The average molecular weight is 175 g/mol. The summed E-state index contributed by atoms with van der Waals surface area (Å²) in [6.07, 6.45) is -0.573. The van der Waals surface area contributed by atoms with Crippen LogP contribution in [0.4, 0.5) is 4.79 Å². The monoisotopic (exact) mass is 175 g/mol. The molecule has 0 aromatic carbocycles. The van der Waals surface area contributed by atoms with Gasteiger partial charge in [-0.1, -0.05) is 13.8 Å². The first kappa shape index (κ1) is 10.9. The zero-order chi connectivity index (χ0) is 9.72. The van der Waals surface area contributed by atoms with Crippen molar-refractivity contribution >= 4 is 11.9 Å². The van der Waals surface area contributed by atoms with Gasteiger partial charge in [-0.3, -0.25) is 4.79 Å². The summed E-state index contributed by atoms with van der Waals surface area (Å²) in [6, 6.07) is -0.475. The van der Waals surface area contributed by atoms with E-state index in [4.69, 9.17) is 0 Å². The number of alkyl carbamates (subject to hydrolysis) is 1. The summed E-state index contributed by atoms with van der Waals surface area (Å²) in [4.78, 5) is 21.9. The molecule has 0 saturated carbocycles. The Morgan fingerprint density at radius 2 is 1.83 bits per heavy atom. The molecule has 0 bridgehead atoms. The van der Waals surface area contributed by atoms with Gasteiger partial charge in [0.25, 0.3) is 0 Å². The molecule has 0 unspecified atom stereocenters. The smallest absolute Gasteiger partial charge is 0.407 e. The number of nitrogens with one attached hydrogen (secondary N) is 1. The number of Topliss-reactive ketones (excluding diaryl/α,β-unsaturated/α-hetero) is 1. The van der Waals surface area contributed by atoms with E-state index in [0.717, 1.165) is 0 Å². The fraction of sp³-hybridized carbons (Fsp3) is 0.750. The first-order valence-electron chi connectivity index (χ1n) is 3.87. The van der Waals surface area contributed by atoms with Gasteiger partial charge in [-0.25, -0.2) is 4.79 Å². The Hall–Kier alpha value is -1.06. The van der Waals surface area contributed by atoms with Crippen LogP contribution in [0.3, 0.4) is 0 Å². The molecule has 0 spiro atoms. The third kappa shape index (κ3) is 3.37. The number of rotatable bonds is 3. The number of methoxy groups -OCH3 is 1. The molecule has 1 N–H and O–H groups in total. The van der Waals surface area contributed by atoms with Gasteiger partial charge in [0.2, 0.25) is 0 Å². The van der Waals surface area contributed by atoms with Crippen molar-refractivity contribution in [3.63, 3.8) is 0 Å². The summed E-state index contributed by atoms with van der Waals surface area (Å²) in [5.74, 6) is -0.0717. The van der Waals surface area contributed by atoms with Crippen LogP contribution >= 0.6 is 0 Å². The lowest BCUT2D eigenvalue weighted by Crippen LogP contribution is -2.40. The van der Waals surface area contributed by atoms with Gasteiger partial charge in [0.15, 0.2) is 5.78 Å². The largest absolute Gasteiger partial charge is 0.453 e. The van der Waals surface area contributed by atoms with Gasteiger partial charge in [0, 0.05) is 7.34 Å². The number of amides is 1. The zero-order valence-corrected chi connectivity index (χ0v) is 7.88. The molecule has 0 rings (SSSR count). The molecule has 0 aliphatic carbocycles. The molecule has 0 aliphatic heterocycles. The molecule has 0 aromatic rings. The minimum absolute atomic E-state index is 0. The van der Waals surface area contributed by atoms with Crippen molar-refractivity contribution in [2.24, 2.45) is 5.92 Å². The molecule has 1 amide bonds. The molecule has 0 radical (unpaired) electrons. The lowest BCUT2D eigenvalue weighted by molar-refractivity contribution is -0.123. The minimum Gasteiger partial charge on any atom is -0.453 e. The molecule has 12 heavy (non-hydrogen) atoms. The Bertz CT molecular complexity index is 182. The van der Waals surface area contributed by atoms with Crippen LogP contribution in [0.25, 0.3) is 0 Å². The molecule has 0 heterocycles. The van der Waals surface area contributed by atoms with Crippen LogP contribution in [-0.2, 0) is 9.53 Å². The van der Waals surface area contributed by atoms with Crippen molar-refractivity contribution in [2.45, 2.75) is 26.8 Å². The fourth-order valence-corrected chi connectivity index (χ4v) is 0.807. The maximum atomic E-state index is 11.2. The topological polar surface area (TPSA) is 55.4 Å². The number of hydrogen-bond donors (Lipinski definition) is 1. The number of ether oxygens (including phenoxy) is 1. The zero-order valence-electron chi connectivity index (χ0n) is 7.88. The van der Waals surface area contributed by atoms with Crippen molar-refractivity contribution in [1.29, 1.82) is 0 Å². The second kappa shape index (κ2) is 4.74. The highest BCUT2D eigenvalue weighted by Crippen LogP contribution is 1.98. The Balaban J connectivity index is 0. The standard InChI is InChI=1S/C8H15NO3.H2/c1-5(2)7(10)6(3)9-8(11)12-4;/h5-6H,1-4H3,(H,9,11);1H/t6-;/m0./s1. The summed E-state index contributed by atoms with van der Waals surface area (Å²) >= 11 is 0. The summed E-state index contributed by atoms with van der Waals surface area (Å²) in [6.45, 7) is 5.22. The molecule has 0 fully saturated rings. The highest BCUT2D eigenvalue weighted by molar-refractivity contribution is 5.88. The predicted octanol–water partition coefficient (Wildman–Crippen LogP) is 1.20. The minimum atomic E-state index is -0.573. The van der Waals surface area contributed by atoms with E-state index < -0.39 is 12.1 Å². The van der Waals surface area contributed by atoms with Crippen LogP contribution in [0.1, 0.15) is 22.2 Å². The third-order valence-electron chi connectivity index (χ3n) is 1.52. The van der Waals surface area contributed by atoms with Gasteiger partial charge in [0.1, 0.15) is 0 Å². The normalized spacial score (nSPS) is 12.4. The maximum Gasteiger partial charge on any atom is 0.407 e. The molecule has 72 valence electrons. The molecule has 0 saturated heterocycles. The van der Waals surface area contributed by atoms with E-state index in [2.05, 4.69) is 10.1 Å². The Labute approximate surface area is 73.8 Å². The SMILES string of the molecule is COC(=O)N[C@@H](C)C(=O)C(C)C.[HH]. The first-order valence-corrected chi connectivity index (χ1v) is 3.87. The van der Waals surface area contributed by atoms with Crippen LogP contribution < -0.4 is 5.32 Å². The van der Waals surface area contributed by atoms with E-state index in [1.165, 1.54) is 7.11 Å². The van der Waals surface area contributed by atoms with E-state index in [-0.39, 0.29) is 13.1 Å². The summed E-state index contributed by atoms with van der Waals surface area (Å²) in [5, 5.41) is 2.40. The summed E-state index contributed by atoms with van der Waals surface area (Å²) in [5.41, 5.74) is 0. The molecule has 0 aromatic heterocycles. The number of ketones is 1. The van der Waals surface area contributed by atoms with Crippen LogP contribution in [0, 0.1) is 5.92 Å². The van der Waals surface area contributed by atoms with Crippen molar-refractivity contribution in [2.75, 3.05) is 7.11 Å². The number of carbonyl (C=O) groups excluding carboxylic acids is 2. The van der Waals surface area contributed by atoms with E-state index in [9.17, 15) is 9.59 Å². The summed E-state index contributed by atoms with van der Waals surface area (Å²) in [7, 11) is 1.27. The van der Waals surface area contributed by atoms with E-state index >= 15 is 0 Å². The van der Waals surface area contributed by atoms with Crippen molar-refractivity contribution in [1.82, 2.24) is 5.32 Å². The molecular weight excluding hydrogens is 158 g/mol. The van der Waals surface area contributed by atoms with Gasteiger partial charge in [0.05, 0.1) is 13.2 Å². The van der Waals surface area contributed by atoms with Crippen LogP contribution in [0.2, 0.25) is 0 Å². The van der Waals surface area contributed by atoms with Gasteiger partial charge in [-0.15, -0.1) is 0 Å². The fourth-order valence-electron chi connectivity index (χ4n) is 0.807. The average Bonchev–Trinajstić information content (AvgIpc) is 2.02.